The van der Waals surface area contributed by atoms with E-state index in [4.69, 9.17) is 11.6 Å². The Kier molecular flexibility index (Phi) is 2.85. The molecule has 1 aliphatic heterocycles. The minimum absolute atomic E-state index is 0.218. The molecule has 0 amide bonds. The molecule has 1 aliphatic rings. The van der Waals surface area contributed by atoms with Crippen LogP contribution in [0.5, 0.6) is 0 Å². The van der Waals surface area contributed by atoms with Gasteiger partial charge in [0.2, 0.25) is 5.28 Å². The molecule has 13 heavy (non-hydrogen) atoms. The average Bonchev–Trinajstić information content (AvgIpc) is 2.19. The summed E-state index contributed by atoms with van der Waals surface area (Å²) in [5.74, 6) is 3.11. The molecule has 0 N–H and O–H groups in total. The van der Waals surface area contributed by atoms with Crippen LogP contribution in [-0.2, 0) is 0 Å². The maximum Gasteiger partial charge on any atom is 0.244 e. The smallest absolute Gasteiger partial charge is 0.244 e. The Morgan fingerprint density at radius 3 is 2.85 bits per heavy atom. The first-order valence-electron chi connectivity index (χ1n) is 4.04. The lowest BCUT2D eigenvalue weighted by Crippen LogP contribution is -2.33. The molecule has 2 heterocycles. The van der Waals surface area contributed by atoms with E-state index in [2.05, 4.69) is 20.1 Å². The minimum Gasteiger partial charge on any atom is -0.354 e. The summed E-state index contributed by atoms with van der Waals surface area (Å²) in [5.41, 5.74) is 0. The molecule has 70 valence electrons. The third kappa shape index (κ3) is 2.22. The predicted molar refractivity (Wildman–Crippen MR) is 54.4 cm³/mol. The third-order valence-corrected chi connectivity index (χ3v) is 2.96. The van der Waals surface area contributed by atoms with Crippen molar-refractivity contribution in [1.82, 2.24) is 15.2 Å². The van der Waals surface area contributed by atoms with Crippen molar-refractivity contribution in [3.05, 3.63) is 11.5 Å². The van der Waals surface area contributed by atoms with Crippen LogP contribution < -0.4 is 4.90 Å². The SMILES string of the molecule is Clc1nncc(N2CCSCC2)n1. The maximum atomic E-state index is 5.65. The summed E-state index contributed by atoms with van der Waals surface area (Å²) in [4.78, 5) is 6.28. The molecule has 0 saturated carbocycles. The number of nitrogens with zero attached hydrogens (tertiary/aromatic N) is 4. The molecule has 6 heteroatoms. The van der Waals surface area contributed by atoms with Crippen LogP contribution in [0.2, 0.25) is 5.28 Å². The summed E-state index contributed by atoms with van der Waals surface area (Å²) < 4.78 is 0. The highest BCUT2D eigenvalue weighted by Gasteiger charge is 2.12. The van der Waals surface area contributed by atoms with Gasteiger partial charge in [-0.1, -0.05) is 0 Å². The molecule has 2 rings (SSSR count). The van der Waals surface area contributed by atoms with Crippen LogP contribution in [0.3, 0.4) is 0 Å². The van der Waals surface area contributed by atoms with Crippen molar-refractivity contribution in [2.75, 3.05) is 29.5 Å². The number of hydrogen-bond acceptors (Lipinski definition) is 5. The van der Waals surface area contributed by atoms with Crippen molar-refractivity contribution in [3.63, 3.8) is 0 Å². The summed E-state index contributed by atoms with van der Waals surface area (Å²) in [7, 11) is 0. The monoisotopic (exact) mass is 216 g/mol. The van der Waals surface area contributed by atoms with Gasteiger partial charge in [-0.2, -0.15) is 21.8 Å². The molecule has 0 radical (unpaired) electrons. The van der Waals surface area contributed by atoms with Crippen molar-refractivity contribution in [1.29, 1.82) is 0 Å². The number of aromatic nitrogens is 3. The van der Waals surface area contributed by atoms with Gasteiger partial charge >= 0.3 is 0 Å². The summed E-state index contributed by atoms with van der Waals surface area (Å²) in [6.45, 7) is 2.03. The zero-order chi connectivity index (χ0) is 9.10. The Hall–Kier alpha value is -0.550. The van der Waals surface area contributed by atoms with Crippen molar-refractivity contribution >= 4 is 29.2 Å². The molecule has 0 spiro atoms. The number of thioether (sulfide) groups is 1. The van der Waals surface area contributed by atoms with E-state index in [0.717, 1.165) is 30.4 Å². The Bertz CT molecular complexity index is 290. The number of halogens is 1. The minimum atomic E-state index is 0.218. The first kappa shape index (κ1) is 9.02. The van der Waals surface area contributed by atoms with E-state index >= 15 is 0 Å². The Morgan fingerprint density at radius 1 is 1.38 bits per heavy atom. The molecule has 0 unspecified atom stereocenters. The van der Waals surface area contributed by atoms with Crippen LogP contribution in [0.25, 0.3) is 0 Å². The zero-order valence-corrected chi connectivity index (χ0v) is 8.55. The van der Waals surface area contributed by atoms with Gasteiger partial charge in [-0.3, -0.25) is 0 Å². The van der Waals surface area contributed by atoms with E-state index in [1.54, 1.807) is 6.20 Å². The van der Waals surface area contributed by atoms with Crippen LogP contribution in [0.15, 0.2) is 6.20 Å². The number of hydrogen-bond donors (Lipinski definition) is 0. The lowest BCUT2D eigenvalue weighted by atomic mass is 10.5. The fourth-order valence-electron chi connectivity index (χ4n) is 1.22. The second kappa shape index (κ2) is 4.11. The first-order valence-corrected chi connectivity index (χ1v) is 5.57. The molecule has 0 bridgehead atoms. The second-order valence-corrected chi connectivity index (χ2v) is 4.25. The van der Waals surface area contributed by atoms with E-state index in [0.29, 0.717) is 0 Å². The Balaban J connectivity index is 2.14. The molecule has 0 aliphatic carbocycles. The largest absolute Gasteiger partial charge is 0.354 e. The summed E-state index contributed by atoms with van der Waals surface area (Å²) >= 11 is 7.61. The molecule has 1 aromatic heterocycles. The van der Waals surface area contributed by atoms with Gasteiger partial charge in [-0.25, -0.2) is 0 Å². The molecular formula is C7H9ClN4S. The Morgan fingerprint density at radius 2 is 2.15 bits per heavy atom. The molecule has 0 atom stereocenters. The topological polar surface area (TPSA) is 41.9 Å². The van der Waals surface area contributed by atoms with Crippen molar-refractivity contribution in [2.45, 2.75) is 0 Å². The molecular weight excluding hydrogens is 208 g/mol. The standard InChI is InChI=1S/C7H9ClN4S/c8-7-10-6(5-9-11-7)12-1-3-13-4-2-12/h5H,1-4H2. The van der Waals surface area contributed by atoms with Crippen LogP contribution >= 0.6 is 23.4 Å². The highest BCUT2D eigenvalue weighted by molar-refractivity contribution is 7.99. The highest BCUT2D eigenvalue weighted by atomic mass is 35.5. The molecule has 1 fully saturated rings. The van der Waals surface area contributed by atoms with Gasteiger partial charge in [0.05, 0.1) is 6.20 Å². The van der Waals surface area contributed by atoms with Crippen molar-refractivity contribution in [3.8, 4) is 0 Å². The normalized spacial score (nSPS) is 17.5. The van der Waals surface area contributed by atoms with E-state index in [1.807, 2.05) is 11.8 Å². The van der Waals surface area contributed by atoms with Gasteiger partial charge in [0.15, 0.2) is 5.82 Å². The fraction of sp³-hybridized carbons (Fsp3) is 0.571. The highest BCUT2D eigenvalue weighted by Crippen LogP contribution is 2.16. The van der Waals surface area contributed by atoms with E-state index in [1.165, 1.54) is 0 Å². The predicted octanol–water partition coefficient (Wildman–Crippen LogP) is 1.08. The fourth-order valence-corrected chi connectivity index (χ4v) is 2.25. The maximum absolute atomic E-state index is 5.65. The van der Waals surface area contributed by atoms with Crippen molar-refractivity contribution < 1.29 is 0 Å². The van der Waals surface area contributed by atoms with E-state index < -0.39 is 0 Å². The van der Waals surface area contributed by atoms with Crippen LogP contribution in [-0.4, -0.2) is 39.8 Å². The van der Waals surface area contributed by atoms with E-state index in [9.17, 15) is 0 Å². The van der Waals surface area contributed by atoms with Gasteiger partial charge in [-0.05, 0) is 11.6 Å². The third-order valence-electron chi connectivity index (χ3n) is 1.86. The zero-order valence-electron chi connectivity index (χ0n) is 6.98. The van der Waals surface area contributed by atoms with Crippen LogP contribution in [0, 0.1) is 0 Å². The molecule has 1 saturated heterocycles. The average molecular weight is 217 g/mol. The second-order valence-electron chi connectivity index (χ2n) is 2.68. The van der Waals surface area contributed by atoms with Gasteiger partial charge in [0, 0.05) is 24.6 Å². The van der Waals surface area contributed by atoms with Gasteiger partial charge in [-0.15, -0.1) is 5.10 Å². The molecule has 4 nitrogen and oxygen atoms in total. The number of anilines is 1. The number of rotatable bonds is 1. The lowest BCUT2D eigenvalue weighted by Gasteiger charge is -2.26. The Labute approximate surface area is 85.7 Å². The van der Waals surface area contributed by atoms with Gasteiger partial charge in [0.25, 0.3) is 0 Å². The quantitative estimate of drug-likeness (QED) is 0.703. The molecule has 1 aromatic rings. The van der Waals surface area contributed by atoms with E-state index in [-0.39, 0.29) is 5.28 Å². The van der Waals surface area contributed by atoms with Crippen LogP contribution in [0.4, 0.5) is 5.82 Å². The summed E-state index contributed by atoms with van der Waals surface area (Å²) in [6, 6.07) is 0. The van der Waals surface area contributed by atoms with Gasteiger partial charge in [0.1, 0.15) is 0 Å². The van der Waals surface area contributed by atoms with Crippen LogP contribution in [0.1, 0.15) is 0 Å². The van der Waals surface area contributed by atoms with Crippen molar-refractivity contribution in [2.24, 2.45) is 0 Å². The summed E-state index contributed by atoms with van der Waals surface area (Å²) in [5, 5.41) is 7.59. The molecule has 0 aromatic carbocycles. The summed E-state index contributed by atoms with van der Waals surface area (Å²) in [6.07, 6.45) is 1.65. The first-order chi connectivity index (χ1) is 6.36. The lowest BCUT2D eigenvalue weighted by molar-refractivity contribution is 0.818. The van der Waals surface area contributed by atoms with Gasteiger partial charge < -0.3 is 4.90 Å².